The molecule has 1 aromatic carbocycles. The lowest BCUT2D eigenvalue weighted by Gasteiger charge is -2.20. The molecule has 2 saturated carbocycles. The van der Waals surface area contributed by atoms with E-state index in [2.05, 4.69) is 5.32 Å². The zero-order valence-corrected chi connectivity index (χ0v) is 13.6. The zero-order valence-electron chi connectivity index (χ0n) is 13.6. The predicted molar refractivity (Wildman–Crippen MR) is 84.6 cm³/mol. The first-order chi connectivity index (χ1) is 11.8. The molecule has 2 aliphatic rings. The highest BCUT2D eigenvalue weighted by Gasteiger charge is 2.40. The Balaban J connectivity index is 1.41. The number of alkyl halides is 3. The lowest BCUT2D eigenvalue weighted by atomic mass is 9.86. The molecule has 2 fully saturated rings. The summed E-state index contributed by atoms with van der Waals surface area (Å²) in [5.41, 5.74) is -0.565. The molecule has 25 heavy (non-hydrogen) atoms. The molecule has 2 aliphatic carbocycles. The third-order valence-corrected chi connectivity index (χ3v) is 5.17. The van der Waals surface area contributed by atoms with Gasteiger partial charge in [0.1, 0.15) is 0 Å². The van der Waals surface area contributed by atoms with Crippen molar-refractivity contribution in [3.63, 3.8) is 0 Å². The lowest BCUT2D eigenvalue weighted by molar-refractivity contribution is -0.148. The van der Waals surface area contributed by atoms with Crippen LogP contribution in [-0.2, 0) is 20.5 Å². The second-order valence-corrected chi connectivity index (χ2v) is 6.92. The monoisotopic (exact) mass is 355 g/mol. The van der Waals surface area contributed by atoms with Gasteiger partial charge >= 0.3 is 12.1 Å². The van der Waals surface area contributed by atoms with E-state index in [1.54, 1.807) is 0 Å². The van der Waals surface area contributed by atoms with E-state index in [9.17, 15) is 22.8 Å². The molecule has 0 aliphatic heterocycles. The molecule has 1 N–H and O–H groups in total. The lowest BCUT2D eigenvalue weighted by Crippen LogP contribution is -2.23. The molecular weight excluding hydrogens is 335 g/mol. The number of rotatable bonds is 5. The van der Waals surface area contributed by atoms with Crippen LogP contribution in [0.15, 0.2) is 24.3 Å². The zero-order chi connectivity index (χ0) is 18.0. The topological polar surface area (TPSA) is 55.4 Å². The number of hydrogen-bond acceptors (Lipinski definition) is 3. The van der Waals surface area contributed by atoms with Crippen LogP contribution >= 0.6 is 0 Å². The van der Waals surface area contributed by atoms with Gasteiger partial charge in [-0.2, -0.15) is 13.2 Å². The van der Waals surface area contributed by atoms with E-state index in [0.29, 0.717) is 18.3 Å². The highest BCUT2D eigenvalue weighted by Crippen LogP contribution is 2.49. The number of hydrogen-bond donors (Lipinski definition) is 1. The Morgan fingerprint density at radius 2 is 1.84 bits per heavy atom. The number of ether oxygens (including phenoxy) is 1. The number of amides is 1. The fourth-order valence-electron chi connectivity index (χ4n) is 3.99. The second kappa shape index (κ2) is 7.06. The van der Waals surface area contributed by atoms with Gasteiger partial charge in [-0.1, -0.05) is 6.42 Å². The van der Waals surface area contributed by atoms with Crippen molar-refractivity contribution >= 4 is 17.6 Å². The Hall–Kier alpha value is -2.05. The Labute approximate surface area is 143 Å². The SMILES string of the molecule is O=C(COC(=O)C[C@H]1C[C@H]2CC[C@@H]1C2)Nc1ccc(C(F)(F)F)cc1. The van der Waals surface area contributed by atoms with E-state index in [4.69, 9.17) is 4.74 Å². The highest BCUT2D eigenvalue weighted by atomic mass is 19.4. The van der Waals surface area contributed by atoms with Crippen LogP contribution in [0.3, 0.4) is 0 Å². The summed E-state index contributed by atoms with van der Waals surface area (Å²) >= 11 is 0. The van der Waals surface area contributed by atoms with Gasteiger partial charge in [-0.3, -0.25) is 9.59 Å². The molecular formula is C18H20F3NO3. The van der Waals surface area contributed by atoms with Crippen molar-refractivity contribution < 1.29 is 27.5 Å². The van der Waals surface area contributed by atoms with E-state index in [-0.39, 0.29) is 11.7 Å². The highest BCUT2D eigenvalue weighted by molar-refractivity contribution is 5.92. The van der Waals surface area contributed by atoms with Crippen LogP contribution in [0.25, 0.3) is 0 Å². The minimum Gasteiger partial charge on any atom is -0.456 e. The van der Waals surface area contributed by atoms with E-state index in [1.165, 1.54) is 19.3 Å². The van der Waals surface area contributed by atoms with Gasteiger partial charge in [-0.25, -0.2) is 0 Å². The summed E-state index contributed by atoms with van der Waals surface area (Å²) < 4.78 is 42.4. The normalized spacial score (nSPS) is 25.0. The first-order valence-electron chi connectivity index (χ1n) is 8.44. The second-order valence-electron chi connectivity index (χ2n) is 6.92. The average Bonchev–Trinajstić information content (AvgIpc) is 3.15. The van der Waals surface area contributed by atoms with Crippen LogP contribution in [0.1, 0.15) is 37.7 Å². The van der Waals surface area contributed by atoms with Gasteiger partial charge < -0.3 is 10.1 Å². The van der Waals surface area contributed by atoms with Crippen LogP contribution in [0.4, 0.5) is 18.9 Å². The average molecular weight is 355 g/mol. The van der Waals surface area contributed by atoms with Gasteiger partial charge in [0, 0.05) is 12.1 Å². The largest absolute Gasteiger partial charge is 0.456 e. The van der Waals surface area contributed by atoms with E-state index < -0.39 is 24.3 Å². The molecule has 0 unspecified atom stereocenters. The van der Waals surface area contributed by atoms with Crippen molar-refractivity contribution in [1.29, 1.82) is 0 Å². The number of esters is 1. The van der Waals surface area contributed by atoms with Gasteiger partial charge in [0.15, 0.2) is 6.61 Å². The van der Waals surface area contributed by atoms with Gasteiger partial charge in [0.2, 0.25) is 0 Å². The van der Waals surface area contributed by atoms with Crippen LogP contribution in [0, 0.1) is 17.8 Å². The Bertz CT molecular complexity index is 642. The molecule has 0 aromatic heterocycles. The van der Waals surface area contributed by atoms with Gasteiger partial charge in [0.25, 0.3) is 5.91 Å². The minimum atomic E-state index is -4.42. The Kier molecular flexibility index (Phi) is 5.01. The summed E-state index contributed by atoms with van der Waals surface area (Å²) in [5.74, 6) is 0.759. The maximum atomic E-state index is 12.5. The molecule has 2 bridgehead atoms. The fourth-order valence-corrected chi connectivity index (χ4v) is 3.99. The van der Waals surface area contributed by atoms with E-state index in [0.717, 1.165) is 36.6 Å². The summed E-state index contributed by atoms with van der Waals surface area (Å²) in [6, 6.07) is 4.10. The van der Waals surface area contributed by atoms with Crippen LogP contribution in [0.2, 0.25) is 0 Å². The first-order valence-corrected chi connectivity index (χ1v) is 8.44. The summed E-state index contributed by atoms with van der Waals surface area (Å²) in [7, 11) is 0. The van der Waals surface area contributed by atoms with Crippen molar-refractivity contribution in [1.82, 2.24) is 0 Å². The fraction of sp³-hybridized carbons (Fsp3) is 0.556. The minimum absolute atomic E-state index is 0.224. The molecule has 1 amide bonds. The third kappa shape index (κ3) is 4.52. The summed E-state index contributed by atoms with van der Waals surface area (Å²) in [4.78, 5) is 23.6. The van der Waals surface area contributed by atoms with E-state index >= 15 is 0 Å². The smallest absolute Gasteiger partial charge is 0.416 e. The number of benzene rings is 1. The number of halogens is 3. The van der Waals surface area contributed by atoms with Crippen LogP contribution < -0.4 is 5.32 Å². The molecule has 1 aromatic rings. The first kappa shape index (κ1) is 17.8. The number of carbonyl (C=O) groups is 2. The van der Waals surface area contributed by atoms with Crippen LogP contribution in [0.5, 0.6) is 0 Å². The molecule has 0 heterocycles. The molecule has 136 valence electrons. The quantitative estimate of drug-likeness (QED) is 0.812. The summed E-state index contributed by atoms with van der Waals surface area (Å²) in [5, 5.41) is 2.41. The maximum absolute atomic E-state index is 12.5. The van der Waals surface area contributed by atoms with Crippen molar-refractivity contribution in [2.45, 2.75) is 38.3 Å². The predicted octanol–water partition coefficient (Wildman–Crippen LogP) is 4.01. The van der Waals surface area contributed by atoms with Crippen molar-refractivity contribution in [2.75, 3.05) is 11.9 Å². The van der Waals surface area contributed by atoms with Gasteiger partial charge in [0.05, 0.1) is 5.56 Å². The standard InChI is InChI=1S/C18H20F3NO3/c19-18(20,21)14-3-5-15(6-4-14)22-16(23)10-25-17(24)9-13-8-11-1-2-12(13)7-11/h3-6,11-13H,1-2,7-10H2,(H,22,23)/t11-,12+,13+/m0/s1. The number of fused-ring (bicyclic) bond motifs is 2. The number of anilines is 1. The van der Waals surface area contributed by atoms with E-state index in [1.807, 2.05) is 0 Å². The summed E-state index contributed by atoms with van der Waals surface area (Å²) in [6.45, 7) is -0.430. The molecule has 0 radical (unpaired) electrons. The number of nitrogens with one attached hydrogen (secondary N) is 1. The number of carbonyl (C=O) groups excluding carboxylic acids is 2. The molecule has 3 rings (SSSR count). The molecule has 4 nitrogen and oxygen atoms in total. The maximum Gasteiger partial charge on any atom is 0.416 e. The Morgan fingerprint density at radius 3 is 2.40 bits per heavy atom. The molecule has 0 spiro atoms. The van der Waals surface area contributed by atoms with Gasteiger partial charge in [-0.05, 0) is 61.3 Å². The summed E-state index contributed by atoms with van der Waals surface area (Å²) in [6.07, 6.45) is 0.624. The van der Waals surface area contributed by atoms with Crippen molar-refractivity contribution in [3.05, 3.63) is 29.8 Å². The van der Waals surface area contributed by atoms with Gasteiger partial charge in [-0.15, -0.1) is 0 Å². The Morgan fingerprint density at radius 1 is 1.12 bits per heavy atom. The van der Waals surface area contributed by atoms with Crippen molar-refractivity contribution in [2.24, 2.45) is 17.8 Å². The molecule has 0 saturated heterocycles. The third-order valence-electron chi connectivity index (χ3n) is 5.17. The van der Waals surface area contributed by atoms with Crippen LogP contribution in [-0.4, -0.2) is 18.5 Å². The molecule has 3 atom stereocenters. The molecule has 7 heteroatoms. The van der Waals surface area contributed by atoms with Crippen molar-refractivity contribution in [3.8, 4) is 0 Å².